The molecule has 5 heteroatoms. The van der Waals surface area contributed by atoms with Crippen molar-refractivity contribution in [3.63, 3.8) is 0 Å². The number of fused-ring (bicyclic) bond motifs is 1. The Morgan fingerprint density at radius 2 is 2.14 bits per heavy atom. The molecule has 0 saturated heterocycles. The number of nitrogens with zero attached hydrogens (tertiary/aromatic N) is 3. The van der Waals surface area contributed by atoms with Crippen LogP contribution in [0.5, 0.6) is 0 Å². The van der Waals surface area contributed by atoms with E-state index in [2.05, 4.69) is 35.6 Å². The Morgan fingerprint density at radius 1 is 1.38 bits per heavy atom. The van der Waals surface area contributed by atoms with Gasteiger partial charge >= 0.3 is 0 Å². The second-order valence-corrected chi connectivity index (χ2v) is 6.13. The molecule has 2 rings (SSSR count). The zero-order valence-electron chi connectivity index (χ0n) is 13.3. The normalized spacial score (nSPS) is 13.2. The minimum Gasteiger partial charge on any atom is -0.383 e. The average Bonchev–Trinajstić information content (AvgIpc) is 2.83. The first-order valence-electron chi connectivity index (χ1n) is 7.32. The third-order valence-electron chi connectivity index (χ3n) is 3.74. The van der Waals surface area contributed by atoms with Crippen LogP contribution in [0.25, 0.3) is 11.0 Å². The number of aromatic nitrogens is 2. The first kappa shape index (κ1) is 16.3. The third-order valence-corrected chi connectivity index (χ3v) is 3.93. The molecule has 1 atom stereocenters. The van der Waals surface area contributed by atoms with E-state index in [-0.39, 0.29) is 5.38 Å². The highest BCUT2D eigenvalue weighted by Crippen LogP contribution is 2.26. The van der Waals surface area contributed by atoms with E-state index < -0.39 is 0 Å². The number of likely N-dealkylation sites (N-methyl/N-ethyl adjacent to an activating group) is 1. The van der Waals surface area contributed by atoms with Gasteiger partial charge in [-0.2, -0.15) is 0 Å². The molecule has 0 aliphatic carbocycles. The van der Waals surface area contributed by atoms with Crippen molar-refractivity contribution in [2.75, 3.05) is 33.9 Å². The van der Waals surface area contributed by atoms with Crippen LogP contribution in [-0.2, 0) is 11.3 Å². The highest BCUT2D eigenvalue weighted by molar-refractivity contribution is 6.20. The van der Waals surface area contributed by atoms with Crippen LogP contribution in [0.4, 0.5) is 0 Å². The maximum atomic E-state index is 6.31. The Hall–Kier alpha value is -1.10. The Morgan fingerprint density at radius 3 is 2.81 bits per heavy atom. The van der Waals surface area contributed by atoms with Crippen molar-refractivity contribution in [3.05, 3.63) is 29.6 Å². The maximum Gasteiger partial charge on any atom is 0.127 e. The van der Waals surface area contributed by atoms with Crippen LogP contribution in [0.2, 0.25) is 0 Å². The monoisotopic (exact) mass is 309 g/mol. The van der Waals surface area contributed by atoms with Gasteiger partial charge in [-0.05, 0) is 32.5 Å². The minimum atomic E-state index is -0.0962. The van der Waals surface area contributed by atoms with E-state index in [1.165, 1.54) is 11.1 Å². The lowest BCUT2D eigenvalue weighted by molar-refractivity contribution is 0.159. The molecule has 0 saturated carbocycles. The summed E-state index contributed by atoms with van der Waals surface area (Å²) >= 11 is 6.31. The van der Waals surface area contributed by atoms with Gasteiger partial charge in [0, 0.05) is 26.7 Å². The molecule has 0 spiro atoms. The van der Waals surface area contributed by atoms with Crippen molar-refractivity contribution in [2.45, 2.75) is 25.8 Å². The number of benzene rings is 1. The van der Waals surface area contributed by atoms with Crippen LogP contribution in [0.15, 0.2) is 18.2 Å². The van der Waals surface area contributed by atoms with E-state index in [9.17, 15) is 0 Å². The lowest BCUT2D eigenvalue weighted by atomic mass is 10.2. The number of hydrogen-bond acceptors (Lipinski definition) is 3. The summed E-state index contributed by atoms with van der Waals surface area (Å²) in [4.78, 5) is 6.96. The molecule has 21 heavy (non-hydrogen) atoms. The molecule has 116 valence electrons. The largest absolute Gasteiger partial charge is 0.383 e. The fraction of sp³-hybridized carbons (Fsp3) is 0.562. The van der Waals surface area contributed by atoms with Gasteiger partial charge in [0.2, 0.25) is 0 Å². The summed E-state index contributed by atoms with van der Waals surface area (Å²) in [6, 6.07) is 6.22. The number of rotatable bonds is 7. The van der Waals surface area contributed by atoms with Gasteiger partial charge in [-0.3, -0.25) is 0 Å². The van der Waals surface area contributed by atoms with E-state index in [0.717, 1.165) is 37.6 Å². The van der Waals surface area contributed by atoms with Crippen molar-refractivity contribution in [3.8, 4) is 0 Å². The molecule has 1 aromatic carbocycles. The van der Waals surface area contributed by atoms with Gasteiger partial charge in [-0.1, -0.05) is 12.1 Å². The summed E-state index contributed by atoms with van der Waals surface area (Å²) in [6.45, 7) is 7.60. The molecule has 0 aliphatic rings. The van der Waals surface area contributed by atoms with E-state index in [4.69, 9.17) is 21.3 Å². The van der Waals surface area contributed by atoms with Crippen LogP contribution < -0.4 is 0 Å². The topological polar surface area (TPSA) is 30.3 Å². The summed E-state index contributed by atoms with van der Waals surface area (Å²) in [7, 11) is 3.84. The molecule has 1 heterocycles. The van der Waals surface area contributed by atoms with Crippen LogP contribution in [0.1, 0.15) is 23.7 Å². The number of aryl methyl sites for hydroxylation is 1. The Kier molecular flexibility index (Phi) is 5.62. The molecule has 0 N–H and O–H groups in total. The first-order chi connectivity index (χ1) is 10.0. The summed E-state index contributed by atoms with van der Waals surface area (Å²) in [5, 5.41) is -0.0962. The van der Waals surface area contributed by atoms with Crippen LogP contribution in [0.3, 0.4) is 0 Å². The van der Waals surface area contributed by atoms with Crippen molar-refractivity contribution in [1.82, 2.24) is 14.5 Å². The first-order valence-corrected chi connectivity index (χ1v) is 7.75. The Balaban J connectivity index is 2.26. The van der Waals surface area contributed by atoms with Crippen molar-refractivity contribution >= 4 is 22.6 Å². The predicted octanol–water partition coefficient (Wildman–Crippen LogP) is 3.22. The fourth-order valence-electron chi connectivity index (χ4n) is 2.54. The van der Waals surface area contributed by atoms with Crippen molar-refractivity contribution in [1.29, 1.82) is 0 Å². The molecule has 0 radical (unpaired) electrons. The number of hydrogen-bond donors (Lipinski definition) is 0. The van der Waals surface area contributed by atoms with Gasteiger partial charge in [-0.15, -0.1) is 11.6 Å². The fourth-order valence-corrected chi connectivity index (χ4v) is 2.71. The lowest BCUT2D eigenvalue weighted by Gasteiger charge is -2.18. The van der Waals surface area contributed by atoms with E-state index in [1.54, 1.807) is 7.11 Å². The molecule has 0 fully saturated rings. The van der Waals surface area contributed by atoms with Gasteiger partial charge < -0.3 is 14.2 Å². The summed E-state index contributed by atoms with van der Waals surface area (Å²) in [6.07, 6.45) is 0. The van der Waals surface area contributed by atoms with Crippen LogP contribution >= 0.6 is 11.6 Å². The third kappa shape index (κ3) is 3.76. The van der Waals surface area contributed by atoms with Gasteiger partial charge in [0.15, 0.2) is 0 Å². The number of para-hydroxylation sites is 1. The van der Waals surface area contributed by atoms with E-state index >= 15 is 0 Å². The molecule has 1 unspecified atom stereocenters. The molecule has 2 aromatic rings. The SMILES string of the molecule is COCCN(C)CCn1c(C(C)Cl)nc2cccc(C)c21. The summed E-state index contributed by atoms with van der Waals surface area (Å²) in [5.74, 6) is 0.945. The standard InChI is InChI=1S/C16H24ClN3O/c1-12-6-5-7-14-15(12)20(16(18-14)13(2)17)9-8-19(3)10-11-21-4/h5-7,13H,8-11H2,1-4H3. The molecule has 1 aromatic heterocycles. The molecule has 0 bridgehead atoms. The minimum absolute atomic E-state index is 0.0962. The zero-order valence-corrected chi connectivity index (χ0v) is 14.0. The Bertz CT molecular complexity index is 594. The molecule has 0 aliphatic heterocycles. The van der Waals surface area contributed by atoms with Gasteiger partial charge in [0.1, 0.15) is 5.82 Å². The number of halogens is 1. The van der Waals surface area contributed by atoms with Gasteiger partial charge in [-0.25, -0.2) is 4.98 Å². The highest BCUT2D eigenvalue weighted by atomic mass is 35.5. The van der Waals surface area contributed by atoms with Gasteiger partial charge in [0.25, 0.3) is 0 Å². The smallest absolute Gasteiger partial charge is 0.127 e. The van der Waals surface area contributed by atoms with E-state index in [0.29, 0.717) is 0 Å². The second kappa shape index (κ2) is 7.25. The summed E-state index contributed by atoms with van der Waals surface area (Å²) < 4.78 is 7.37. The molecular formula is C16H24ClN3O. The lowest BCUT2D eigenvalue weighted by Crippen LogP contribution is -2.27. The van der Waals surface area contributed by atoms with E-state index in [1.807, 2.05) is 13.0 Å². The molecular weight excluding hydrogens is 286 g/mol. The van der Waals surface area contributed by atoms with Crippen molar-refractivity contribution < 1.29 is 4.74 Å². The highest BCUT2D eigenvalue weighted by Gasteiger charge is 2.16. The number of methoxy groups -OCH3 is 1. The molecule has 4 nitrogen and oxygen atoms in total. The zero-order chi connectivity index (χ0) is 15.4. The average molecular weight is 310 g/mol. The summed E-state index contributed by atoms with van der Waals surface area (Å²) in [5.41, 5.74) is 3.46. The number of imidazole rings is 1. The quantitative estimate of drug-likeness (QED) is 0.736. The molecule has 0 amide bonds. The van der Waals surface area contributed by atoms with Gasteiger partial charge in [0.05, 0.1) is 23.0 Å². The van der Waals surface area contributed by atoms with Crippen LogP contribution in [0, 0.1) is 6.92 Å². The van der Waals surface area contributed by atoms with Crippen molar-refractivity contribution in [2.24, 2.45) is 0 Å². The predicted molar refractivity (Wildman–Crippen MR) is 88.1 cm³/mol. The number of ether oxygens (including phenoxy) is 1. The maximum absolute atomic E-state index is 6.31. The van der Waals surface area contributed by atoms with Crippen LogP contribution in [-0.4, -0.2) is 48.3 Å². The number of alkyl halides is 1. The Labute approximate surface area is 131 Å². The second-order valence-electron chi connectivity index (χ2n) is 5.48.